The van der Waals surface area contributed by atoms with E-state index in [1.54, 1.807) is 19.2 Å². The molecule has 7 heteroatoms. The molecule has 3 rings (SSSR count). The van der Waals surface area contributed by atoms with Crippen LogP contribution >= 0.6 is 11.6 Å². The third-order valence-electron chi connectivity index (χ3n) is 4.12. The molecule has 0 aliphatic heterocycles. The van der Waals surface area contributed by atoms with Crippen LogP contribution in [0.4, 0.5) is 0 Å². The second-order valence-electron chi connectivity index (χ2n) is 5.63. The van der Waals surface area contributed by atoms with Crippen LogP contribution in [0.15, 0.2) is 36.5 Å². The molecule has 1 fully saturated rings. The number of hydrogen-bond acceptors (Lipinski definition) is 3. The van der Waals surface area contributed by atoms with E-state index in [9.17, 15) is 14.7 Å². The first-order valence-corrected chi connectivity index (χ1v) is 7.62. The minimum absolute atomic E-state index is 0.0460. The summed E-state index contributed by atoms with van der Waals surface area (Å²) >= 11 is 6.15. The normalized spacial score (nSPS) is 20.8. The predicted octanol–water partition coefficient (Wildman–Crippen LogP) is 2.12. The highest BCUT2D eigenvalue weighted by atomic mass is 35.5. The first-order chi connectivity index (χ1) is 11.0. The third kappa shape index (κ3) is 3.07. The van der Waals surface area contributed by atoms with Gasteiger partial charge in [0.05, 0.1) is 5.69 Å². The van der Waals surface area contributed by atoms with E-state index >= 15 is 0 Å². The average molecular weight is 334 g/mol. The molecule has 1 saturated carbocycles. The molecule has 1 aliphatic carbocycles. The van der Waals surface area contributed by atoms with Crippen molar-refractivity contribution in [1.82, 2.24) is 15.1 Å². The van der Waals surface area contributed by atoms with E-state index in [1.807, 2.05) is 18.2 Å². The highest BCUT2D eigenvalue weighted by Crippen LogP contribution is 2.49. The Balaban J connectivity index is 1.71. The number of benzene rings is 1. The smallest absolute Gasteiger partial charge is 0.332 e. The number of carboxylic acid groups (broad SMARTS) is 1. The molecule has 3 unspecified atom stereocenters. The van der Waals surface area contributed by atoms with E-state index in [2.05, 4.69) is 10.4 Å². The molecule has 1 heterocycles. The number of aliphatic carboxylic acids is 1. The average Bonchev–Trinajstić information content (AvgIpc) is 3.20. The van der Waals surface area contributed by atoms with E-state index in [0.717, 1.165) is 5.56 Å². The molecule has 0 spiro atoms. The number of nitrogens with one attached hydrogen (secondary N) is 1. The zero-order valence-corrected chi connectivity index (χ0v) is 13.2. The van der Waals surface area contributed by atoms with Crippen molar-refractivity contribution >= 4 is 23.5 Å². The zero-order valence-electron chi connectivity index (χ0n) is 12.4. The number of halogens is 1. The summed E-state index contributed by atoms with van der Waals surface area (Å²) in [4.78, 5) is 23.8. The van der Waals surface area contributed by atoms with Crippen molar-refractivity contribution in [2.45, 2.75) is 18.4 Å². The molecule has 2 N–H and O–H groups in total. The van der Waals surface area contributed by atoms with Gasteiger partial charge in [-0.3, -0.25) is 9.48 Å². The van der Waals surface area contributed by atoms with Crippen LogP contribution < -0.4 is 5.32 Å². The SMILES string of the molecule is Cn1nccc1C(NC(=O)C1CC1c1ccccc1Cl)C(=O)O. The Morgan fingerprint density at radius 2 is 2.13 bits per heavy atom. The Labute approximate surface area is 138 Å². The van der Waals surface area contributed by atoms with E-state index in [0.29, 0.717) is 17.1 Å². The lowest BCUT2D eigenvalue weighted by Gasteiger charge is -2.15. The quantitative estimate of drug-likeness (QED) is 0.877. The summed E-state index contributed by atoms with van der Waals surface area (Å²) < 4.78 is 1.44. The van der Waals surface area contributed by atoms with Crippen molar-refractivity contribution in [3.63, 3.8) is 0 Å². The summed E-state index contributed by atoms with van der Waals surface area (Å²) in [5.41, 5.74) is 1.36. The van der Waals surface area contributed by atoms with Crippen LogP contribution in [0, 0.1) is 5.92 Å². The highest BCUT2D eigenvalue weighted by molar-refractivity contribution is 6.31. The fourth-order valence-electron chi connectivity index (χ4n) is 2.78. The summed E-state index contributed by atoms with van der Waals surface area (Å²) in [5, 5.41) is 16.5. The number of aryl methyl sites for hydroxylation is 1. The molecular weight excluding hydrogens is 318 g/mol. The number of carbonyl (C=O) groups is 2. The maximum absolute atomic E-state index is 12.4. The maximum Gasteiger partial charge on any atom is 0.332 e. The Morgan fingerprint density at radius 3 is 2.74 bits per heavy atom. The Morgan fingerprint density at radius 1 is 1.39 bits per heavy atom. The molecule has 6 nitrogen and oxygen atoms in total. The summed E-state index contributed by atoms with van der Waals surface area (Å²) in [6.45, 7) is 0. The minimum atomic E-state index is -1.11. The van der Waals surface area contributed by atoms with Crippen molar-refractivity contribution in [3.8, 4) is 0 Å². The van der Waals surface area contributed by atoms with Gasteiger partial charge in [0.15, 0.2) is 6.04 Å². The van der Waals surface area contributed by atoms with Crippen LogP contribution in [0.5, 0.6) is 0 Å². The molecule has 23 heavy (non-hydrogen) atoms. The number of amides is 1. The van der Waals surface area contributed by atoms with Gasteiger partial charge in [-0.1, -0.05) is 29.8 Å². The number of nitrogens with zero attached hydrogens (tertiary/aromatic N) is 2. The molecule has 1 aromatic heterocycles. The first kappa shape index (κ1) is 15.6. The lowest BCUT2D eigenvalue weighted by molar-refractivity contribution is -0.142. The zero-order chi connectivity index (χ0) is 16.6. The van der Waals surface area contributed by atoms with Crippen molar-refractivity contribution in [1.29, 1.82) is 0 Å². The van der Waals surface area contributed by atoms with E-state index < -0.39 is 12.0 Å². The van der Waals surface area contributed by atoms with Crippen molar-refractivity contribution in [2.24, 2.45) is 13.0 Å². The fourth-order valence-corrected chi connectivity index (χ4v) is 3.06. The van der Waals surface area contributed by atoms with Crippen LogP contribution in [0.25, 0.3) is 0 Å². The van der Waals surface area contributed by atoms with Gasteiger partial charge in [0.25, 0.3) is 0 Å². The van der Waals surface area contributed by atoms with Crippen LogP contribution in [-0.4, -0.2) is 26.8 Å². The van der Waals surface area contributed by atoms with Crippen molar-refractivity contribution < 1.29 is 14.7 Å². The van der Waals surface area contributed by atoms with Gasteiger partial charge in [0.2, 0.25) is 5.91 Å². The van der Waals surface area contributed by atoms with Gasteiger partial charge >= 0.3 is 5.97 Å². The standard InChI is InChI=1S/C16H16ClN3O3/c1-20-13(6-7-18-20)14(16(22)23)19-15(21)11-8-10(11)9-4-2-3-5-12(9)17/h2-7,10-11,14H,8H2,1H3,(H,19,21)(H,22,23). The molecule has 0 radical (unpaired) electrons. The van der Waals surface area contributed by atoms with Gasteiger partial charge in [0.1, 0.15) is 0 Å². The fraction of sp³-hybridized carbons (Fsp3) is 0.312. The first-order valence-electron chi connectivity index (χ1n) is 7.24. The number of carbonyl (C=O) groups excluding carboxylic acids is 1. The Hall–Kier alpha value is -2.34. The molecular formula is C16H16ClN3O3. The number of hydrogen-bond donors (Lipinski definition) is 2. The lowest BCUT2D eigenvalue weighted by atomic mass is 10.1. The summed E-state index contributed by atoms with van der Waals surface area (Å²) in [7, 11) is 1.64. The largest absolute Gasteiger partial charge is 0.479 e. The van der Waals surface area contributed by atoms with Gasteiger partial charge < -0.3 is 10.4 Å². The van der Waals surface area contributed by atoms with E-state index in [4.69, 9.17) is 11.6 Å². The highest BCUT2D eigenvalue weighted by Gasteiger charge is 2.45. The summed E-state index contributed by atoms with van der Waals surface area (Å²) in [6, 6.07) is 7.88. The molecule has 1 aliphatic rings. The second-order valence-corrected chi connectivity index (χ2v) is 6.04. The minimum Gasteiger partial charge on any atom is -0.479 e. The van der Waals surface area contributed by atoms with Crippen LogP contribution in [-0.2, 0) is 16.6 Å². The van der Waals surface area contributed by atoms with Crippen LogP contribution in [0.1, 0.15) is 29.6 Å². The van der Waals surface area contributed by atoms with E-state index in [-0.39, 0.29) is 17.7 Å². The summed E-state index contributed by atoms with van der Waals surface area (Å²) in [6.07, 6.45) is 2.17. The molecule has 3 atom stereocenters. The van der Waals surface area contributed by atoms with Crippen LogP contribution in [0.3, 0.4) is 0 Å². The number of carboxylic acids is 1. The van der Waals surface area contributed by atoms with Gasteiger partial charge in [0, 0.05) is 24.2 Å². The third-order valence-corrected chi connectivity index (χ3v) is 4.46. The van der Waals surface area contributed by atoms with E-state index in [1.165, 1.54) is 10.9 Å². The predicted molar refractivity (Wildman–Crippen MR) is 84.0 cm³/mol. The summed E-state index contributed by atoms with van der Waals surface area (Å²) in [5.74, 6) is -1.59. The lowest BCUT2D eigenvalue weighted by Crippen LogP contribution is -2.36. The number of aromatic nitrogens is 2. The van der Waals surface area contributed by atoms with Gasteiger partial charge in [-0.25, -0.2) is 4.79 Å². The van der Waals surface area contributed by atoms with Crippen molar-refractivity contribution in [2.75, 3.05) is 0 Å². The molecule has 2 aromatic rings. The molecule has 1 aromatic carbocycles. The monoisotopic (exact) mass is 333 g/mol. The van der Waals surface area contributed by atoms with Crippen molar-refractivity contribution in [3.05, 3.63) is 52.8 Å². The number of rotatable bonds is 5. The van der Waals surface area contributed by atoms with Gasteiger partial charge in [-0.05, 0) is 30.0 Å². The molecule has 0 saturated heterocycles. The molecule has 120 valence electrons. The van der Waals surface area contributed by atoms with Gasteiger partial charge in [-0.2, -0.15) is 5.10 Å². The molecule has 0 bridgehead atoms. The Bertz CT molecular complexity index is 759. The topological polar surface area (TPSA) is 84.2 Å². The molecule has 1 amide bonds. The van der Waals surface area contributed by atoms with Gasteiger partial charge in [-0.15, -0.1) is 0 Å². The Kier molecular flexibility index (Phi) is 4.09. The second kappa shape index (κ2) is 6.04. The maximum atomic E-state index is 12.4. The van der Waals surface area contributed by atoms with Crippen LogP contribution in [0.2, 0.25) is 5.02 Å².